The minimum absolute atomic E-state index is 0.357. The molecule has 8 heteroatoms. The molecule has 0 unspecified atom stereocenters. The van der Waals surface area contributed by atoms with Crippen molar-refractivity contribution in [1.29, 1.82) is 0 Å². The van der Waals surface area contributed by atoms with Crippen LogP contribution in [0, 0.1) is 13.8 Å². The fourth-order valence-corrected chi connectivity index (χ4v) is 2.05. The minimum Gasteiger partial charge on any atom is -0.278 e. The van der Waals surface area contributed by atoms with Crippen LogP contribution in [0.3, 0.4) is 0 Å². The summed E-state index contributed by atoms with van der Waals surface area (Å²) in [6.07, 6.45) is 3.11. The number of rotatable bonds is 2. The summed E-state index contributed by atoms with van der Waals surface area (Å²) in [7, 11) is 0. The summed E-state index contributed by atoms with van der Waals surface area (Å²) < 4.78 is 3.58. The molecule has 0 saturated carbocycles. The molecule has 3 heterocycles. The Hall–Kier alpha value is -2.02. The zero-order valence-electron chi connectivity index (χ0n) is 9.87. The Bertz CT molecular complexity index is 701. The molecule has 0 atom stereocenters. The van der Waals surface area contributed by atoms with Crippen LogP contribution in [0.15, 0.2) is 12.7 Å². The third-order valence-electron chi connectivity index (χ3n) is 2.81. The van der Waals surface area contributed by atoms with Crippen molar-refractivity contribution in [2.24, 2.45) is 0 Å². The van der Waals surface area contributed by atoms with E-state index in [4.69, 9.17) is 11.6 Å². The second-order valence-electron chi connectivity index (χ2n) is 3.94. The van der Waals surface area contributed by atoms with Crippen molar-refractivity contribution in [2.45, 2.75) is 20.4 Å². The predicted molar refractivity (Wildman–Crippen MR) is 64.4 cm³/mol. The molecule has 0 bridgehead atoms. The topological polar surface area (TPSA) is 73.8 Å². The van der Waals surface area contributed by atoms with Gasteiger partial charge in [-0.1, -0.05) is 11.6 Å². The molecule has 0 radical (unpaired) electrons. The Kier molecular flexibility index (Phi) is 2.48. The van der Waals surface area contributed by atoms with Crippen LogP contribution in [0.4, 0.5) is 0 Å². The monoisotopic (exact) mass is 263 g/mol. The SMILES string of the molecule is Cc1nc(Cl)c2nnc(Cn3cncn3)n2c1C. The maximum atomic E-state index is 6.06. The maximum absolute atomic E-state index is 6.06. The van der Waals surface area contributed by atoms with Crippen molar-refractivity contribution >= 4 is 17.2 Å². The van der Waals surface area contributed by atoms with Gasteiger partial charge in [-0.2, -0.15) is 5.10 Å². The Morgan fingerprint density at radius 1 is 1.28 bits per heavy atom. The van der Waals surface area contributed by atoms with Gasteiger partial charge in [0.1, 0.15) is 19.2 Å². The second-order valence-corrected chi connectivity index (χ2v) is 4.30. The zero-order valence-corrected chi connectivity index (χ0v) is 10.6. The summed E-state index contributed by atoms with van der Waals surface area (Å²) in [6.45, 7) is 4.35. The number of halogens is 1. The quantitative estimate of drug-likeness (QED) is 0.690. The van der Waals surface area contributed by atoms with E-state index in [0.717, 1.165) is 17.2 Å². The highest BCUT2D eigenvalue weighted by molar-refractivity contribution is 6.32. The third-order valence-corrected chi connectivity index (χ3v) is 3.06. The Labute approximate surface area is 107 Å². The molecular formula is C10H10ClN7. The van der Waals surface area contributed by atoms with Crippen molar-refractivity contribution < 1.29 is 0 Å². The number of nitrogens with zero attached hydrogens (tertiary/aromatic N) is 7. The molecule has 0 amide bonds. The lowest BCUT2D eigenvalue weighted by atomic mass is 10.3. The van der Waals surface area contributed by atoms with E-state index in [1.54, 1.807) is 11.0 Å². The highest BCUT2D eigenvalue weighted by atomic mass is 35.5. The van der Waals surface area contributed by atoms with E-state index in [1.807, 2.05) is 18.2 Å². The van der Waals surface area contributed by atoms with Crippen LogP contribution in [0.2, 0.25) is 5.15 Å². The first-order chi connectivity index (χ1) is 8.66. The number of aromatic nitrogens is 7. The largest absolute Gasteiger partial charge is 0.278 e. The molecule has 0 aliphatic carbocycles. The highest BCUT2D eigenvalue weighted by Gasteiger charge is 2.14. The minimum atomic E-state index is 0.357. The van der Waals surface area contributed by atoms with E-state index in [0.29, 0.717) is 17.3 Å². The normalized spacial score (nSPS) is 11.3. The maximum Gasteiger partial charge on any atom is 0.198 e. The summed E-state index contributed by atoms with van der Waals surface area (Å²) in [5.74, 6) is 0.750. The molecule has 18 heavy (non-hydrogen) atoms. The molecule has 92 valence electrons. The molecule has 0 fully saturated rings. The van der Waals surface area contributed by atoms with E-state index in [2.05, 4.69) is 25.3 Å². The van der Waals surface area contributed by atoms with Gasteiger partial charge in [0.25, 0.3) is 0 Å². The first-order valence-corrected chi connectivity index (χ1v) is 5.73. The zero-order chi connectivity index (χ0) is 12.7. The van der Waals surface area contributed by atoms with Gasteiger partial charge in [0, 0.05) is 5.69 Å². The summed E-state index contributed by atoms with van der Waals surface area (Å²) in [5, 5.41) is 12.6. The molecule has 7 nitrogen and oxygen atoms in total. The molecule has 0 aromatic carbocycles. The van der Waals surface area contributed by atoms with E-state index >= 15 is 0 Å². The third kappa shape index (κ3) is 1.63. The van der Waals surface area contributed by atoms with E-state index in [1.165, 1.54) is 6.33 Å². The highest BCUT2D eigenvalue weighted by Crippen LogP contribution is 2.18. The molecule has 0 spiro atoms. The van der Waals surface area contributed by atoms with Crippen molar-refractivity contribution in [2.75, 3.05) is 0 Å². The fourth-order valence-electron chi connectivity index (χ4n) is 1.80. The Balaban J connectivity index is 2.19. The van der Waals surface area contributed by atoms with E-state index < -0.39 is 0 Å². The van der Waals surface area contributed by atoms with Crippen molar-refractivity contribution in [1.82, 2.24) is 34.3 Å². The van der Waals surface area contributed by atoms with Crippen molar-refractivity contribution in [3.05, 3.63) is 35.0 Å². The second kappa shape index (κ2) is 4.02. The summed E-state index contributed by atoms with van der Waals surface area (Å²) in [4.78, 5) is 8.12. The van der Waals surface area contributed by atoms with E-state index in [-0.39, 0.29) is 0 Å². The van der Waals surface area contributed by atoms with Crippen LogP contribution in [0.25, 0.3) is 5.65 Å². The summed E-state index contributed by atoms with van der Waals surface area (Å²) in [6, 6.07) is 0. The molecule has 0 N–H and O–H groups in total. The van der Waals surface area contributed by atoms with Gasteiger partial charge in [-0.15, -0.1) is 10.2 Å². The van der Waals surface area contributed by atoms with Gasteiger partial charge in [-0.05, 0) is 13.8 Å². The lowest BCUT2D eigenvalue weighted by Gasteiger charge is -2.06. The van der Waals surface area contributed by atoms with Gasteiger partial charge in [-0.25, -0.2) is 14.6 Å². The fraction of sp³-hybridized carbons (Fsp3) is 0.300. The van der Waals surface area contributed by atoms with Gasteiger partial charge in [-0.3, -0.25) is 4.40 Å². The van der Waals surface area contributed by atoms with Crippen LogP contribution in [-0.2, 0) is 6.54 Å². The van der Waals surface area contributed by atoms with Crippen molar-refractivity contribution in [3.63, 3.8) is 0 Å². The average molecular weight is 264 g/mol. The lowest BCUT2D eigenvalue weighted by molar-refractivity contribution is 0.644. The molecular weight excluding hydrogens is 254 g/mol. The smallest absolute Gasteiger partial charge is 0.198 e. The number of hydrogen-bond acceptors (Lipinski definition) is 5. The van der Waals surface area contributed by atoms with Crippen LogP contribution >= 0.6 is 11.6 Å². The van der Waals surface area contributed by atoms with Crippen LogP contribution in [-0.4, -0.2) is 34.3 Å². The molecule has 3 aromatic rings. The predicted octanol–water partition coefficient (Wildman–Crippen LogP) is 1.03. The first kappa shape index (κ1) is 11.1. The van der Waals surface area contributed by atoms with Crippen LogP contribution in [0.5, 0.6) is 0 Å². The Morgan fingerprint density at radius 3 is 2.83 bits per heavy atom. The Morgan fingerprint density at radius 2 is 2.11 bits per heavy atom. The number of hydrogen-bond donors (Lipinski definition) is 0. The first-order valence-electron chi connectivity index (χ1n) is 5.36. The van der Waals surface area contributed by atoms with Gasteiger partial charge in [0.05, 0.1) is 5.69 Å². The van der Waals surface area contributed by atoms with Crippen LogP contribution < -0.4 is 0 Å². The summed E-state index contributed by atoms with van der Waals surface area (Å²) >= 11 is 6.06. The number of fused-ring (bicyclic) bond motifs is 1. The van der Waals surface area contributed by atoms with Crippen molar-refractivity contribution in [3.8, 4) is 0 Å². The standard InChI is InChI=1S/C10H10ClN7/c1-6-7(2)18-8(3-17-5-12-4-13-17)15-16-10(18)9(11)14-6/h4-5H,3H2,1-2H3. The number of aryl methyl sites for hydroxylation is 2. The molecule has 3 rings (SSSR count). The van der Waals surface area contributed by atoms with Gasteiger partial charge >= 0.3 is 0 Å². The van der Waals surface area contributed by atoms with Crippen LogP contribution in [0.1, 0.15) is 17.2 Å². The molecule has 0 aliphatic heterocycles. The van der Waals surface area contributed by atoms with E-state index in [9.17, 15) is 0 Å². The lowest BCUT2D eigenvalue weighted by Crippen LogP contribution is -2.08. The van der Waals surface area contributed by atoms with Gasteiger partial charge in [0.15, 0.2) is 16.6 Å². The average Bonchev–Trinajstić information content (AvgIpc) is 2.96. The molecule has 3 aromatic heterocycles. The molecule has 0 saturated heterocycles. The van der Waals surface area contributed by atoms with Gasteiger partial charge < -0.3 is 0 Å². The summed E-state index contributed by atoms with van der Waals surface area (Å²) in [5.41, 5.74) is 2.39. The molecule has 0 aliphatic rings. The van der Waals surface area contributed by atoms with Gasteiger partial charge in [0.2, 0.25) is 0 Å².